The van der Waals surface area contributed by atoms with Gasteiger partial charge >= 0.3 is 0 Å². The van der Waals surface area contributed by atoms with Crippen molar-refractivity contribution in [3.63, 3.8) is 0 Å². The molecule has 18 heavy (non-hydrogen) atoms. The van der Waals surface area contributed by atoms with Crippen molar-refractivity contribution in [2.45, 2.75) is 0 Å². The van der Waals surface area contributed by atoms with Gasteiger partial charge in [-0.05, 0) is 30.3 Å². The molecule has 0 fully saturated rings. The van der Waals surface area contributed by atoms with Gasteiger partial charge in [0.15, 0.2) is 0 Å². The van der Waals surface area contributed by atoms with E-state index in [9.17, 15) is 0 Å². The van der Waals surface area contributed by atoms with Gasteiger partial charge in [0, 0.05) is 10.0 Å². The number of para-hydroxylation sites is 1. The van der Waals surface area contributed by atoms with Crippen LogP contribution < -0.4 is 0 Å². The number of imidazole rings is 1. The molecule has 90 valence electrons. The van der Waals surface area contributed by atoms with E-state index >= 15 is 0 Å². The molecule has 5 heteroatoms. The van der Waals surface area contributed by atoms with Crippen LogP contribution >= 0.6 is 39.1 Å². The first-order chi connectivity index (χ1) is 8.65. The first-order valence-corrected chi connectivity index (χ1v) is 6.80. The van der Waals surface area contributed by atoms with Crippen LogP contribution in [0, 0.1) is 0 Å². The molecule has 0 spiro atoms. The van der Waals surface area contributed by atoms with Gasteiger partial charge in [-0.25, -0.2) is 4.98 Å². The largest absolute Gasteiger partial charge is 0.338 e. The molecular formula is C13H7BrCl2N2. The Balaban J connectivity index is 2.23. The molecule has 2 aromatic carbocycles. The molecule has 0 saturated heterocycles. The van der Waals surface area contributed by atoms with Crippen molar-refractivity contribution < 1.29 is 0 Å². The van der Waals surface area contributed by atoms with Crippen LogP contribution in [0.4, 0.5) is 0 Å². The average Bonchev–Trinajstić information content (AvgIpc) is 2.74. The molecule has 3 rings (SSSR count). The van der Waals surface area contributed by atoms with Crippen LogP contribution in [0.15, 0.2) is 40.9 Å². The number of halogens is 3. The Morgan fingerprint density at radius 3 is 2.61 bits per heavy atom. The summed E-state index contributed by atoms with van der Waals surface area (Å²) in [5, 5.41) is 1.27. The summed E-state index contributed by atoms with van der Waals surface area (Å²) in [5.41, 5.74) is 2.51. The second kappa shape index (κ2) is 4.57. The molecule has 1 aromatic heterocycles. The summed E-state index contributed by atoms with van der Waals surface area (Å²) in [5.74, 6) is 0.718. The lowest BCUT2D eigenvalue weighted by molar-refractivity contribution is 1.33. The number of benzene rings is 2. The van der Waals surface area contributed by atoms with Crippen LogP contribution in [-0.2, 0) is 0 Å². The minimum Gasteiger partial charge on any atom is -0.338 e. The van der Waals surface area contributed by atoms with Gasteiger partial charge in [-0.3, -0.25) is 0 Å². The van der Waals surface area contributed by atoms with E-state index in [-0.39, 0.29) is 0 Å². The fourth-order valence-electron chi connectivity index (χ4n) is 1.81. The van der Waals surface area contributed by atoms with Gasteiger partial charge in [0.2, 0.25) is 0 Å². The molecule has 0 aliphatic carbocycles. The Morgan fingerprint density at radius 1 is 1.06 bits per heavy atom. The molecule has 0 amide bonds. The van der Waals surface area contributed by atoms with Crippen LogP contribution in [0.2, 0.25) is 10.0 Å². The third kappa shape index (κ3) is 2.03. The summed E-state index contributed by atoms with van der Waals surface area (Å²) in [6, 6.07) is 11.3. The topological polar surface area (TPSA) is 28.7 Å². The molecule has 1 N–H and O–H groups in total. The number of rotatable bonds is 1. The third-order valence-electron chi connectivity index (χ3n) is 2.65. The number of nitrogens with zero attached hydrogens (tertiary/aromatic N) is 1. The van der Waals surface area contributed by atoms with Gasteiger partial charge in [0.25, 0.3) is 0 Å². The van der Waals surface area contributed by atoms with E-state index in [4.69, 9.17) is 23.2 Å². The van der Waals surface area contributed by atoms with Gasteiger partial charge < -0.3 is 4.98 Å². The Bertz CT molecular complexity index is 737. The maximum absolute atomic E-state index is 6.21. The molecule has 0 aliphatic rings. The Labute approximate surface area is 122 Å². The minimum absolute atomic E-state index is 0.628. The Hall–Kier alpha value is -1.03. The zero-order valence-corrected chi connectivity index (χ0v) is 12.1. The van der Waals surface area contributed by atoms with Crippen molar-refractivity contribution in [3.05, 3.63) is 50.9 Å². The minimum atomic E-state index is 0.628. The van der Waals surface area contributed by atoms with Gasteiger partial charge in [0.1, 0.15) is 11.3 Å². The molecule has 3 aromatic rings. The third-order valence-corrected chi connectivity index (χ3v) is 3.76. The van der Waals surface area contributed by atoms with Gasteiger partial charge in [-0.2, -0.15) is 0 Å². The maximum atomic E-state index is 6.21. The summed E-state index contributed by atoms with van der Waals surface area (Å²) in [7, 11) is 0. The first-order valence-electron chi connectivity index (χ1n) is 5.25. The van der Waals surface area contributed by atoms with E-state index in [0.717, 1.165) is 26.9 Å². The predicted octanol–water partition coefficient (Wildman–Crippen LogP) is 5.30. The number of hydrogen-bond acceptors (Lipinski definition) is 1. The molecule has 0 atom stereocenters. The van der Waals surface area contributed by atoms with E-state index in [1.54, 1.807) is 0 Å². The van der Waals surface area contributed by atoms with Gasteiger partial charge in [-0.1, -0.05) is 45.2 Å². The molecule has 0 bridgehead atoms. The standard InChI is InChI=1S/C13H7BrCl2N2/c14-7-4-5-8(10(16)6-7)13-17-11-3-1-2-9(15)12(11)18-13/h1-6H,(H,17,18). The zero-order chi connectivity index (χ0) is 12.7. The lowest BCUT2D eigenvalue weighted by Crippen LogP contribution is -1.81. The molecule has 0 saturated carbocycles. The summed E-state index contributed by atoms with van der Waals surface area (Å²) in [6.07, 6.45) is 0. The summed E-state index contributed by atoms with van der Waals surface area (Å²) in [4.78, 5) is 7.70. The van der Waals surface area contributed by atoms with E-state index in [1.807, 2.05) is 36.4 Å². The monoisotopic (exact) mass is 340 g/mol. The number of fused-ring (bicyclic) bond motifs is 1. The van der Waals surface area contributed by atoms with Crippen LogP contribution in [0.3, 0.4) is 0 Å². The van der Waals surface area contributed by atoms with E-state index < -0.39 is 0 Å². The van der Waals surface area contributed by atoms with Crippen molar-refractivity contribution in [1.29, 1.82) is 0 Å². The molecule has 1 heterocycles. The fourth-order valence-corrected chi connectivity index (χ4v) is 2.79. The van der Waals surface area contributed by atoms with Crippen molar-refractivity contribution in [3.8, 4) is 11.4 Å². The summed E-state index contributed by atoms with van der Waals surface area (Å²) >= 11 is 15.7. The Morgan fingerprint density at radius 2 is 1.89 bits per heavy atom. The fraction of sp³-hybridized carbons (Fsp3) is 0. The van der Waals surface area contributed by atoms with E-state index in [1.165, 1.54) is 0 Å². The van der Waals surface area contributed by atoms with Crippen LogP contribution in [-0.4, -0.2) is 9.97 Å². The van der Waals surface area contributed by atoms with Gasteiger partial charge in [0.05, 0.1) is 15.6 Å². The molecule has 0 unspecified atom stereocenters. The lowest BCUT2D eigenvalue weighted by atomic mass is 10.2. The number of H-pyrrole nitrogens is 1. The highest BCUT2D eigenvalue weighted by atomic mass is 79.9. The number of hydrogen-bond donors (Lipinski definition) is 1. The Kier molecular flexibility index (Phi) is 3.06. The number of aromatic amines is 1. The van der Waals surface area contributed by atoms with Crippen molar-refractivity contribution >= 4 is 50.2 Å². The SMILES string of the molecule is Clc1cc(Br)ccc1-c1nc2c(Cl)cccc2[nH]1. The highest BCUT2D eigenvalue weighted by Crippen LogP contribution is 2.31. The second-order valence-electron chi connectivity index (χ2n) is 3.85. The van der Waals surface area contributed by atoms with Crippen LogP contribution in [0.25, 0.3) is 22.4 Å². The smallest absolute Gasteiger partial charge is 0.140 e. The maximum Gasteiger partial charge on any atom is 0.140 e. The summed E-state index contributed by atoms with van der Waals surface area (Å²) in [6.45, 7) is 0. The molecule has 2 nitrogen and oxygen atoms in total. The molecule has 0 radical (unpaired) electrons. The van der Waals surface area contributed by atoms with Crippen molar-refractivity contribution in [2.75, 3.05) is 0 Å². The number of aromatic nitrogens is 2. The van der Waals surface area contributed by atoms with Gasteiger partial charge in [-0.15, -0.1) is 0 Å². The van der Waals surface area contributed by atoms with Crippen molar-refractivity contribution in [2.24, 2.45) is 0 Å². The average molecular weight is 342 g/mol. The van der Waals surface area contributed by atoms with Crippen LogP contribution in [0.5, 0.6) is 0 Å². The normalized spacial score (nSPS) is 11.1. The summed E-state index contributed by atoms with van der Waals surface area (Å²) < 4.78 is 0.936. The van der Waals surface area contributed by atoms with Crippen molar-refractivity contribution in [1.82, 2.24) is 9.97 Å². The number of nitrogens with one attached hydrogen (secondary N) is 1. The van der Waals surface area contributed by atoms with Crippen LogP contribution in [0.1, 0.15) is 0 Å². The molecule has 0 aliphatic heterocycles. The second-order valence-corrected chi connectivity index (χ2v) is 5.58. The highest BCUT2D eigenvalue weighted by molar-refractivity contribution is 9.10. The van der Waals surface area contributed by atoms with E-state index in [0.29, 0.717) is 10.0 Å². The first kappa shape index (κ1) is 12.0. The quantitative estimate of drug-likeness (QED) is 0.639. The highest BCUT2D eigenvalue weighted by Gasteiger charge is 2.10. The zero-order valence-electron chi connectivity index (χ0n) is 9.05. The lowest BCUT2D eigenvalue weighted by Gasteiger charge is -2.00. The predicted molar refractivity (Wildman–Crippen MR) is 79.2 cm³/mol. The van der Waals surface area contributed by atoms with E-state index in [2.05, 4.69) is 25.9 Å². The molecular weight excluding hydrogens is 335 g/mol.